The number of halogens is 1. The summed E-state index contributed by atoms with van der Waals surface area (Å²) < 4.78 is 22.9. The minimum Gasteiger partial charge on any atom is -0.480 e. The Morgan fingerprint density at radius 2 is 2.07 bits per heavy atom. The van der Waals surface area contributed by atoms with E-state index in [0.29, 0.717) is 17.5 Å². The van der Waals surface area contributed by atoms with Gasteiger partial charge in [0.05, 0.1) is 13.2 Å². The van der Waals surface area contributed by atoms with Gasteiger partial charge in [-0.3, -0.25) is 4.79 Å². The highest BCUT2D eigenvalue weighted by Crippen LogP contribution is 2.19. The molecule has 0 radical (unpaired) electrons. The minimum atomic E-state index is -1.08. The number of hydrogen-bond donors (Lipinski definition) is 1. The minimum absolute atomic E-state index is 0.0559. The molecule has 27 heavy (non-hydrogen) atoms. The predicted octanol–water partition coefficient (Wildman–Crippen LogP) is 2.68. The summed E-state index contributed by atoms with van der Waals surface area (Å²) in [4.78, 5) is 30.2. The number of alkyl halides is 1. The highest BCUT2D eigenvalue weighted by atomic mass is 19.1. The zero-order valence-electron chi connectivity index (χ0n) is 15.6. The molecule has 0 unspecified atom stereocenters. The molecule has 1 aromatic heterocycles. The zero-order chi connectivity index (χ0) is 19.8. The summed E-state index contributed by atoms with van der Waals surface area (Å²) in [5.74, 6) is -1.53. The van der Waals surface area contributed by atoms with Gasteiger partial charge >= 0.3 is 5.97 Å². The standard InChI is InChI=1S/C19H25FN2O5/c1-3-13(2)18(19(24)25)22(9-11-26-10-8-20)17(23)12-16-21-14-6-4-5-7-15(14)27-16/h4-7,13,18H,3,8-12H2,1-2H3,(H,24,25)/t13-,18-/m0/s1. The summed E-state index contributed by atoms with van der Waals surface area (Å²) >= 11 is 0. The lowest BCUT2D eigenvalue weighted by Crippen LogP contribution is -2.50. The van der Waals surface area contributed by atoms with Gasteiger partial charge in [-0.1, -0.05) is 32.4 Å². The molecule has 2 atom stereocenters. The second kappa shape index (κ2) is 10.0. The maximum absolute atomic E-state index is 12.9. The molecule has 0 aliphatic rings. The maximum atomic E-state index is 12.9. The number of oxazole rings is 1. The second-order valence-corrected chi connectivity index (χ2v) is 6.31. The molecule has 1 heterocycles. The summed E-state index contributed by atoms with van der Waals surface area (Å²) in [7, 11) is 0. The van der Waals surface area contributed by atoms with Crippen LogP contribution in [0.15, 0.2) is 28.7 Å². The lowest BCUT2D eigenvalue weighted by atomic mass is 9.97. The van der Waals surface area contributed by atoms with Crippen LogP contribution in [0.25, 0.3) is 11.1 Å². The van der Waals surface area contributed by atoms with E-state index in [4.69, 9.17) is 9.15 Å². The summed E-state index contributed by atoms with van der Waals surface area (Å²) in [6.45, 7) is 3.03. The number of carboxylic acid groups (broad SMARTS) is 1. The van der Waals surface area contributed by atoms with Crippen LogP contribution in [-0.4, -0.2) is 59.3 Å². The van der Waals surface area contributed by atoms with Crippen molar-refractivity contribution in [2.24, 2.45) is 5.92 Å². The van der Waals surface area contributed by atoms with E-state index in [9.17, 15) is 19.1 Å². The molecule has 0 bridgehead atoms. The topological polar surface area (TPSA) is 92.9 Å². The van der Waals surface area contributed by atoms with E-state index in [1.54, 1.807) is 25.1 Å². The number of amides is 1. The molecule has 148 valence electrons. The molecular formula is C19H25FN2O5. The molecule has 1 aromatic carbocycles. The van der Waals surface area contributed by atoms with Crippen molar-refractivity contribution in [3.63, 3.8) is 0 Å². The summed E-state index contributed by atoms with van der Waals surface area (Å²) in [5.41, 5.74) is 1.20. The lowest BCUT2D eigenvalue weighted by Gasteiger charge is -2.32. The number of carbonyl (C=O) groups is 2. The zero-order valence-corrected chi connectivity index (χ0v) is 15.6. The Labute approximate surface area is 157 Å². The van der Waals surface area contributed by atoms with Gasteiger partial charge in [0.15, 0.2) is 5.58 Å². The number of hydrogen-bond acceptors (Lipinski definition) is 5. The Bertz CT molecular complexity index is 730. The van der Waals surface area contributed by atoms with Crippen LogP contribution in [0.4, 0.5) is 4.39 Å². The average molecular weight is 380 g/mol. The van der Waals surface area contributed by atoms with E-state index < -0.39 is 24.6 Å². The number of nitrogens with zero attached hydrogens (tertiary/aromatic N) is 2. The first kappa shape index (κ1) is 20.8. The molecular weight excluding hydrogens is 355 g/mol. The van der Waals surface area contributed by atoms with Crippen molar-refractivity contribution in [2.75, 3.05) is 26.4 Å². The fourth-order valence-corrected chi connectivity index (χ4v) is 2.87. The van der Waals surface area contributed by atoms with Crippen molar-refractivity contribution in [1.29, 1.82) is 0 Å². The van der Waals surface area contributed by atoms with Crippen LogP contribution in [0.5, 0.6) is 0 Å². The van der Waals surface area contributed by atoms with Gasteiger partial charge in [0.25, 0.3) is 0 Å². The highest BCUT2D eigenvalue weighted by Gasteiger charge is 2.33. The van der Waals surface area contributed by atoms with Crippen LogP contribution < -0.4 is 0 Å². The normalized spacial score (nSPS) is 13.4. The molecule has 0 aliphatic carbocycles. The molecule has 0 saturated heterocycles. The Morgan fingerprint density at radius 3 is 2.70 bits per heavy atom. The molecule has 0 spiro atoms. The van der Waals surface area contributed by atoms with Gasteiger partial charge < -0.3 is 19.2 Å². The van der Waals surface area contributed by atoms with E-state index in [2.05, 4.69) is 4.98 Å². The molecule has 2 aromatic rings. The van der Waals surface area contributed by atoms with Crippen molar-refractivity contribution < 1.29 is 28.2 Å². The van der Waals surface area contributed by atoms with E-state index in [-0.39, 0.29) is 38.0 Å². The molecule has 2 rings (SSSR count). The number of aliphatic carboxylic acids is 1. The van der Waals surface area contributed by atoms with E-state index in [0.717, 1.165) is 0 Å². The molecule has 0 fully saturated rings. The quantitative estimate of drug-likeness (QED) is 0.603. The molecule has 1 amide bonds. The summed E-state index contributed by atoms with van der Waals surface area (Å²) in [6.07, 6.45) is 0.437. The molecule has 0 aliphatic heterocycles. The fraction of sp³-hybridized carbons (Fsp3) is 0.526. The van der Waals surface area contributed by atoms with Crippen molar-refractivity contribution in [1.82, 2.24) is 9.88 Å². The smallest absolute Gasteiger partial charge is 0.326 e. The Hall–Kier alpha value is -2.48. The highest BCUT2D eigenvalue weighted by molar-refractivity contribution is 5.85. The number of carboxylic acids is 1. The third kappa shape index (κ3) is 5.50. The first-order chi connectivity index (χ1) is 13.0. The first-order valence-electron chi connectivity index (χ1n) is 8.98. The van der Waals surface area contributed by atoms with Gasteiger partial charge in [-0.05, 0) is 18.1 Å². The molecule has 1 N–H and O–H groups in total. The van der Waals surface area contributed by atoms with Crippen molar-refractivity contribution in [3.8, 4) is 0 Å². The van der Waals surface area contributed by atoms with Crippen LogP contribution in [0.2, 0.25) is 0 Å². The number of carbonyl (C=O) groups excluding carboxylic acids is 1. The number of ether oxygens (including phenoxy) is 1. The number of fused-ring (bicyclic) bond motifs is 1. The van der Waals surface area contributed by atoms with Gasteiger partial charge in [-0.25, -0.2) is 14.2 Å². The van der Waals surface area contributed by atoms with Gasteiger partial charge in [0, 0.05) is 6.54 Å². The van der Waals surface area contributed by atoms with Crippen LogP contribution in [0, 0.1) is 5.92 Å². The number of para-hydroxylation sites is 2. The summed E-state index contributed by atoms with van der Waals surface area (Å²) in [6, 6.07) is 6.14. The average Bonchev–Trinajstić information content (AvgIpc) is 3.05. The van der Waals surface area contributed by atoms with Crippen LogP contribution in [0.1, 0.15) is 26.2 Å². The fourth-order valence-electron chi connectivity index (χ4n) is 2.87. The van der Waals surface area contributed by atoms with Gasteiger partial charge in [-0.2, -0.15) is 0 Å². The number of rotatable bonds is 11. The Balaban J connectivity index is 2.18. The molecule has 8 heteroatoms. The molecule has 0 saturated carbocycles. The van der Waals surface area contributed by atoms with Gasteiger partial charge in [0.2, 0.25) is 11.8 Å². The van der Waals surface area contributed by atoms with Gasteiger partial charge in [-0.15, -0.1) is 0 Å². The Morgan fingerprint density at radius 1 is 1.33 bits per heavy atom. The van der Waals surface area contributed by atoms with Crippen LogP contribution in [-0.2, 0) is 20.7 Å². The first-order valence-corrected chi connectivity index (χ1v) is 8.98. The largest absolute Gasteiger partial charge is 0.480 e. The lowest BCUT2D eigenvalue weighted by molar-refractivity contribution is -0.153. The molecule has 7 nitrogen and oxygen atoms in total. The van der Waals surface area contributed by atoms with E-state index in [1.165, 1.54) is 4.90 Å². The SMILES string of the molecule is CC[C@H](C)[C@@H](C(=O)O)N(CCOCCF)C(=O)Cc1nc2ccccc2o1. The van der Waals surface area contributed by atoms with E-state index in [1.807, 2.05) is 13.0 Å². The predicted molar refractivity (Wildman–Crippen MR) is 97.1 cm³/mol. The van der Waals surface area contributed by atoms with E-state index >= 15 is 0 Å². The van der Waals surface area contributed by atoms with Crippen molar-refractivity contribution in [3.05, 3.63) is 30.2 Å². The number of aromatic nitrogens is 1. The number of benzene rings is 1. The van der Waals surface area contributed by atoms with Crippen LogP contribution in [0.3, 0.4) is 0 Å². The second-order valence-electron chi connectivity index (χ2n) is 6.31. The third-order valence-corrected chi connectivity index (χ3v) is 4.43. The third-order valence-electron chi connectivity index (χ3n) is 4.43. The monoisotopic (exact) mass is 380 g/mol. The van der Waals surface area contributed by atoms with Crippen molar-refractivity contribution >= 4 is 23.0 Å². The van der Waals surface area contributed by atoms with Crippen molar-refractivity contribution in [2.45, 2.75) is 32.7 Å². The summed E-state index contributed by atoms with van der Waals surface area (Å²) in [5, 5.41) is 9.64. The van der Waals surface area contributed by atoms with Crippen LogP contribution >= 0.6 is 0 Å². The Kier molecular flexibility index (Phi) is 7.72. The maximum Gasteiger partial charge on any atom is 0.326 e. The van der Waals surface area contributed by atoms with Gasteiger partial charge in [0.1, 0.15) is 24.7 Å².